The molecule has 3 aromatic rings. The number of amides is 2. The molecular formula is C20H22FN7O2. The SMILES string of the molecule is C[C@H]1CN(C)C(=O)Nc2cnn3ccc(nc23)N2CCC[C@@H]2c2cc(F)cnc2O1. The molecular weight excluding hydrogens is 389 g/mol. The summed E-state index contributed by atoms with van der Waals surface area (Å²) < 4.78 is 21.8. The van der Waals surface area contributed by atoms with Crippen LogP contribution in [0.15, 0.2) is 30.7 Å². The molecule has 1 N–H and O–H groups in total. The number of fused-ring (bicyclic) bond motifs is 5. The van der Waals surface area contributed by atoms with E-state index in [1.54, 1.807) is 17.8 Å². The van der Waals surface area contributed by atoms with E-state index in [2.05, 4.69) is 20.3 Å². The van der Waals surface area contributed by atoms with Gasteiger partial charge in [0.1, 0.15) is 23.4 Å². The van der Waals surface area contributed by atoms with Gasteiger partial charge in [-0.15, -0.1) is 0 Å². The van der Waals surface area contributed by atoms with E-state index in [-0.39, 0.29) is 18.2 Å². The lowest BCUT2D eigenvalue weighted by Crippen LogP contribution is -2.38. The van der Waals surface area contributed by atoms with Crippen LogP contribution in [-0.4, -0.2) is 56.8 Å². The number of halogens is 1. The fourth-order valence-electron chi connectivity index (χ4n) is 4.16. The Labute approximate surface area is 172 Å². The standard InChI is InChI=1S/C20H22FN7O2/c1-12-11-26(2)20(29)24-15-10-23-28-7-5-17(25-18(15)28)27-6-3-4-16(27)14-8-13(21)9-22-19(14)30-12/h5,7-10,12,16H,3-4,6,11H2,1-2H3,(H,24,29)/t12-,16+/m0/s1. The molecule has 156 valence electrons. The molecule has 2 aliphatic heterocycles. The molecule has 0 aliphatic carbocycles. The molecule has 9 nitrogen and oxygen atoms in total. The van der Waals surface area contributed by atoms with Crippen LogP contribution < -0.4 is 15.0 Å². The Morgan fingerprint density at radius 1 is 1.33 bits per heavy atom. The maximum Gasteiger partial charge on any atom is 0.321 e. The van der Waals surface area contributed by atoms with E-state index in [0.717, 1.165) is 31.4 Å². The van der Waals surface area contributed by atoms with Crippen LogP contribution in [0.2, 0.25) is 0 Å². The number of pyridine rings is 1. The maximum atomic E-state index is 14.1. The highest BCUT2D eigenvalue weighted by Gasteiger charge is 2.32. The minimum Gasteiger partial charge on any atom is -0.473 e. The lowest BCUT2D eigenvalue weighted by Gasteiger charge is -2.29. The first-order chi connectivity index (χ1) is 14.5. The summed E-state index contributed by atoms with van der Waals surface area (Å²) in [5.41, 5.74) is 1.78. The van der Waals surface area contributed by atoms with Crippen molar-refractivity contribution in [3.05, 3.63) is 42.1 Å². The predicted molar refractivity (Wildman–Crippen MR) is 108 cm³/mol. The molecule has 5 heterocycles. The summed E-state index contributed by atoms with van der Waals surface area (Å²) in [5, 5.41) is 7.15. The highest BCUT2D eigenvalue weighted by Crippen LogP contribution is 2.39. The Morgan fingerprint density at radius 2 is 2.20 bits per heavy atom. The van der Waals surface area contributed by atoms with Crippen molar-refractivity contribution >= 4 is 23.2 Å². The van der Waals surface area contributed by atoms with Gasteiger partial charge < -0.3 is 19.9 Å². The third-order valence-electron chi connectivity index (χ3n) is 5.54. The molecule has 0 radical (unpaired) electrons. The van der Waals surface area contributed by atoms with Crippen molar-refractivity contribution in [2.45, 2.75) is 31.9 Å². The minimum atomic E-state index is -0.407. The van der Waals surface area contributed by atoms with Gasteiger partial charge >= 0.3 is 6.03 Å². The van der Waals surface area contributed by atoms with Gasteiger partial charge in [0, 0.05) is 25.4 Å². The monoisotopic (exact) mass is 411 g/mol. The van der Waals surface area contributed by atoms with Crippen LogP contribution in [0.5, 0.6) is 5.88 Å². The van der Waals surface area contributed by atoms with Gasteiger partial charge in [0.15, 0.2) is 5.65 Å². The predicted octanol–water partition coefficient (Wildman–Crippen LogP) is 2.85. The normalized spacial score (nSPS) is 21.8. The lowest BCUT2D eigenvalue weighted by atomic mass is 10.1. The molecule has 0 aromatic carbocycles. The van der Waals surface area contributed by atoms with Crippen molar-refractivity contribution in [2.24, 2.45) is 0 Å². The second kappa shape index (κ2) is 7.12. The van der Waals surface area contributed by atoms with Crippen molar-refractivity contribution in [1.82, 2.24) is 24.5 Å². The zero-order chi connectivity index (χ0) is 20.8. The Bertz CT molecular complexity index is 1120. The summed E-state index contributed by atoms with van der Waals surface area (Å²) in [4.78, 5) is 25.3. The number of nitrogens with one attached hydrogen (secondary N) is 1. The Hall–Kier alpha value is -3.43. The molecule has 0 unspecified atom stereocenters. The summed E-state index contributed by atoms with van der Waals surface area (Å²) in [6, 6.07) is 2.96. The van der Waals surface area contributed by atoms with E-state index in [1.807, 2.05) is 19.2 Å². The van der Waals surface area contributed by atoms with Crippen LogP contribution in [0.25, 0.3) is 5.65 Å². The molecule has 2 aliphatic rings. The molecule has 2 bridgehead atoms. The Kier molecular flexibility index (Phi) is 4.41. The largest absolute Gasteiger partial charge is 0.473 e. The summed E-state index contributed by atoms with van der Waals surface area (Å²) in [7, 11) is 1.68. The number of likely N-dealkylation sites (N-methyl/N-ethyl adjacent to an activating group) is 1. The van der Waals surface area contributed by atoms with E-state index in [9.17, 15) is 9.18 Å². The molecule has 0 saturated carbocycles. The number of carbonyl (C=O) groups is 1. The van der Waals surface area contributed by atoms with Gasteiger partial charge in [-0.1, -0.05) is 0 Å². The number of hydrogen-bond acceptors (Lipinski definition) is 6. The van der Waals surface area contributed by atoms with Crippen molar-refractivity contribution < 1.29 is 13.9 Å². The van der Waals surface area contributed by atoms with E-state index in [1.165, 1.54) is 11.0 Å². The first kappa shape index (κ1) is 18.6. The number of ether oxygens (including phenoxy) is 1. The van der Waals surface area contributed by atoms with Gasteiger partial charge in [-0.05, 0) is 31.9 Å². The summed E-state index contributed by atoms with van der Waals surface area (Å²) >= 11 is 0. The highest BCUT2D eigenvalue weighted by molar-refractivity contribution is 5.93. The summed E-state index contributed by atoms with van der Waals surface area (Å²) in [5.74, 6) is 0.711. The first-order valence-electron chi connectivity index (χ1n) is 9.95. The highest BCUT2D eigenvalue weighted by atomic mass is 19.1. The molecule has 3 aromatic heterocycles. The zero-order valence-corrected chi connectivity index (χ0v) is 16.7. The van der Waals surface area contributed by atoms with Crippen LogP contribution in [0.4, 0.5) is 20.7 Å². The smallest absolute Gasteiger partial charge is 0.321 e. The van der Waals surface area contributed by atoms with Gasteiger partial charge in [0.25, 0.3) is 0 Å². The molecule has 2 amide bonds. The topological polar surface area (TPSA) is 87.9 Å². The second-order valence-electron chi connectivity index (χ2n) is 7.75. The molecule has 0 spiro atoms. The quantitative estimate of drug-likeness (QED) is 0.612. The van der Waals surface area contributed by atoms with Gasteiger partial charge in [0.05, 0.1) is 25.0 Å². The minimum absolute atomic E-state index is 0.105. The van der Waals surface area contributed by atoms with Gasteiger partial charge in [-0.25, -0.2) is 23.7 Å². The molecule has 2 atom stereocenters. The molecule has 30 heavy (non-hydrogen) atoms. The molecule has 1 saturated heterocycles. The van der Waals surface area contributed by atoms with E-state index in [4.69, 9.17) is 9.72 Å². The summed E-state index contributed by atoms with van der Waals surface area (Å²) in [6.45, 7) is 2.97. The van der Waals surface area contributed by atoms with Crippen molar-refractivity contribution in [3.8, 4) is 5.88 Å². The van der Waals surface area contributed by atoms with Gasteiger partial charge in [-0.3, -0.25) is 0 Å². The third-order valence-corrected chi connectivity index (χ3v) is 5.54. The molecule has 10 heteroatoms. The number of anilines is 2. The van der Waals surface area contributed by atoms with Crippen LogP contribution in [-0.2, 0) is 0 Å². The number of carbonyl (C=O) groups excluding carboxylic acids is 1. The lowest BCUT2D eigenvalue weighted by molar-refractivity contribution is 0.160. The number of rotatable bonds is 0. The van der Waals surface area contributed by atoms with Crippen molar-refractivity contribution in [3.63, 3.8) is 0 Å². The van der Waals surface area contributed by atoms with E-state index in [0.29, 0.717) is 29.3 Å². The fourth-order valence-corrected chi connectivity index (χ4v) is 4.16. The van der Waals surface area contributed by atoms with Crippen LogP contribution in [0, 0.1) is 5.82 Å². The summed E-state index contributed by atoms with van der Waals surface area (Å²) in [6.07, 6.45) is 5.99. The number of urea groups is 1. The number of nitrogens with zero attached hydrogens (tertiary/aromatic N) is 6. The number of aromatic nitrogens is 4. The average Bonchev–Trinajstić information content (AvgIpc) is 3.35. The molecule has 5 rings (SSSR count). The van der Waals surface area contributed by atoms with Crippen LogP contribution >= 0.6 is 0 Å². The third kappa shape index (κ3) is 3.17. The van der Waals surface area contributed by atoms with Crippen LogP contribution in [0.3, 0.4) is 0 Å². The van der Waals surface area contributed by atoms with E-state index >= 15 is 0 Å². The zero-order valence-electron chi connectivity index (χ0n) is 16.7. The number of hydrogen-bond donors (Lipinski definition) is 1. The Morgan fingerprint density at radius 3 is 3.07 bits per heavy atom. The maximum absolute atomic E-state index is 14.1. The Balaban J connectivity index is 1.66. The van der Waals surface area contributed by atoms with Gasteiger partial charge in [-0.2, -0.15) is 5.10 Å². The van der Waals surface area contributed by atoms with Crippen molar-refractivity contribution in [2.75, 3.05) is 30.4 Å². The van der Waals surface area contributed by atoms with E-state index < -0.39 is 5.82 Å². The van der Waals surface area contributed by atoms with Gasteiger partial charge in [0.2, 0.25) is 5.88 Å². The van der Waals surface area contributed by atoms with Crippen molar-refractivity contribution in [1.29, 1.82) is 0 Å². The first-order valence-corrected chi connectivity index (χ1v) is 9.95. The van der Waals surface area contributed by atoms with Crippen LogP contribution in [0.1, 0.15) is 31.4 Å². The fraction of sp³-hybridized carbons (Fsp3) is 0.400. The molecule has 1 fully saturated rings. The average molecular weight is 411 g/mol. The second-order valence-corrected chi connectivity index (χ2v) is 7.75.